The molecule has 1 aromatic carbocycles. The zero-order chi connectivity index (χ0) is 26.7. The lowest BCUT2D eigenvalue weighted by molar-refractivity contribution is 0.0776. The van der Waals surface area contributed by atoms with E-state index in [0.717, 1.165) is 44.3 Å². The second-order valence-corrected chi connectivity index (χ2v) is 9.79. The number of aryl methyl sites for hydroxylation is 2. The van der Waals surface area contributed by atoms with E-state index in [1.165, 1.54) is 6.33 Å². The molecule has 0 aliphatic carbocycles. The van der Waals surface area contributed by atoms with Crippen molar-refractivity contribution in [2.24, 2.45) is 14.1 Å². The van der Waals surface area contributed by atoms with E-state index < -0.39 is 0 Å². The first-order valence-corrected chi connectivity index (χ1v) is 12.6. The van der Waals surface area contributed by atoms with Crippen LogP contribution < -0.4 is 5.69 Å². The number of fused-ring (bicyclic) bond motifs is 3. The molecule has 12 heteroatoms. The Balaban J connectivity index is 1.30. The number of imidazole rings is 1. The van der Waals surface area contributed by atoms with Gasteiger partial charge in [-0.25, -0.2) is 9.78 Å². The van der Waals surface area contributed by atoms with Crippen molar-refractivity contribution in [1.82, 2.24) is 49.0 Å². The molecule has 39 heavy (non-hydrogen) atoms. The Morgan fingerprint density at radius 1 is 1.00 bits per heavy atom. The number of nitrogens with one attached hydrogen (secondary N) is 1. The standard InChI is InChI=1S/C27H24N10O2/c1-34-13-18(11-32-34)21-5-4-17(10-28-21)16-3-6-22-20(9-16)24-23(12-29-22)35(2)27(39)37(24)19-7-8-36(14-19)26(38)25-30-15-31-33-25/h3-6,9-13,15,19H,7-8,14H2,1-2H3,(H,30,31,33). The van der Waals surface area contributed by atoms with Gasteiger partial charge in [0.1, 0.15) is 6.33 Å². The van der Waals surface area contributed by atoms with E-state index in [0.29, 0.717) is 19.5 Å². The maximum atomic E-state index is 13.5. The van der Waals surface area contributed by atoms with Crippen molar-refractivity contribution in [2.45, 2.75) is 12.5 Å². The van der Waals surface area contributed by atoms with Gasteiger partial charge >= 0.3 is 5.69 Å². The summed E-state index contributed by atoms with van der Waals surface area (Å²) in [7, 11) is 3.63. The molecule has 1 unspecified atom stereocenters. The number of aromatic nitrogens is 9. The van der Waals surface area contributed by atoms with E-state index >= 15 is 0 Å². The summed E-state index contributed by atoms with van der Waals surface area (Å²) >= 11 is 0. The number of hydrogen-bond donors (Lipinski definition) is 1. The predicted molar refractivity (Wildman–Crippen MR) is 144 cm³/mol. The molecule has 1 saturated heterocycles. The topological polar surface area (TPSA) is 132 Å². The van der Waals surface area contributed by atoms with Crippen molar-refractivity contribution in [3.63, 3.8) is 0 Å². The van der Waals surface area contributed by atoms with Crippen molar-refractivity contribution < 1.29 is 4.79 Å². The molecule has 1 aliphatic rings. The number of pyridine rings is 2. The van der Waals surface area contributed by atoms with Gasteiger partial charge in [0.05, 0.1) is 40.7 Å². The number of amides is 1. The zero-order valence-electron chi connectivity index (χ0n) is 21.3. The van der Waals surface area contributed by atoms with Gasteiger partial charge < -0.3 is 4.90 Å². The molecule has 0 radical (unpaired) electrons. The van der Waals surface area contributed by atoms with E-state index in [4.69, 9.17) is 0 Å². The molecule has 1 atom stereocenters. The molecule has 194 valence electrons. The predicted octanol–water partition coefficient (Wildman–Crippen LogP) is 2.56. The van der Waals surface area contributed by atoms with Gasteiger partial charge in [-0.05, 0) is 30.2 Å². The maximum absolute atomic E-state index is 13.5. The third kappa shape index (κ3) is 3.71. The van der Waals surface area contributed by atoms with Crippen LogP contribution in [0.3, 0.4) is 0 Å². The van der Waals surface area contributed by atoms with E-state index in [9.17, 15) is 9.59 Å². The van der Waals surface area contributed by atoms with Crippen LogP contribution in [0.1, 0.15) is 23.1 Å². The largest absolute Gasteiger partial charge is 0.334 e. The third-order valence-electron chi connectivity index (χ3n) is 7.43. The molecular formula is C27H24N10O2. The molecule has 6 aromatic rings. The number of likely N-dealkylation sites (tertiary alicyclic amines) is 1. The molecule has 5 aromatic heterocycles. The highest BCUT2D eigenvalue weighted by Gasteiger charge is 2.32. The molecule has 12 nitrogen and oxygen atoms in total. The number of aromatic amines is 1. The number of H-pyrrole nitrogens is 1. The lowest BCUT2D eigenvalue weighted by Crippen LogP contribution is -2.32. The fourth-order valence-corrected chi connectivity index (χ4v) is 5.42. The summed E-state index contributed by atoms with van der Waals surface area (Å²) < 4.78 is 5.19. The van der Waals surface area contributed by atoms with E-state index in [2.05, 4.69) is 36.3 Å². The summed E-state index contributed by atoms with van der Waals surface area (Å²) in [6.07, 6.45) is 9.34. The van der Waals surface area contributed by atoms with Gasteiger partial charge in [0.2, 0.25) is 5.82 Å². The van der Waals surface area contributed by atoms with Crippen LogP contribution >= 0.6 is 0 Å². The van der Waals surface area contributed by atoms with E-state index in [1.54, 1.807) is 33.6 Å². The monoisotopic (exact) mass is 520 g/mol. The van der Waals surface area contributed by atoms with Crippen molar-refractivity contribution in [2.75, 3.05) is 13.1 Å². The fourth-order valence-electron chi connectivity index (χ4n) is 5.42. The Morgan fingerprint density at radius 2 is 1.87 bits per heavy atom. The number of hydrogen-bond acceptors (Lipinski definition) is 7. The Labute approximate surface area is 221 Å². The summed E-state index contributed by atoms with van der Waals surface area (Å²) in [5.74, 6) is -0.119. The summed E-state index contributed by atoms with van der Waals surface area (Å²) in [4.78, 5) is 41.3. The minimum atomic E-state index is -0.247. The van der Waals surface area contributed by atoms with E-state index in [1.807, 2.05) is 48.3 Å². The van der Waals surface area contributed by atoms with Crippen molar-refractivity contribution in [3.05, 3.63) is 77.8 Å². The molecule has 6 heterocycles. The Morgan fingerprint density at radius 3 is 2.62 bits per heavy atom. The second kappa shape index (κ2) is 8.72. The van der Waals surface area contributed by atoms with Gasteiger partial charge in [-0.1, -0.05) is 12.1 Å². The number of benzene rings is 1. The fraction of sp³-hybridized carbons (Fsp3) is 0.222. The highest BCUT2D eigenvalue weighted by Crippen LogP contribution is 2.32. The van der Waals surface area contributed by atoms with Gasteiger partial charge in [-0.2, -0.15) is 5.10 Å². The van der Waals surface area contributed by atoms with Crippen LogP contribution in [0.4, 0.5) is 0 Å². The van der Waals surface area contributed by atoms with Crippen LogP contribution in [0.2, 0.25) is 0 Å². The lowest BCUT2D eigenvalue weighted by Gasteiger charge is -2.16. The van der Waals surface area contributed by atoms with Gasteiger partial charge in [-0.15, -0.1) is 5.10 Å². The SMILES string of the molecule is Cn1cc(-c2ccc(-c3ccc4ncc5c(c4c3)n(C3CCN(C(=O)c4nc[nH]n4)C3)c(=O)n5C)cn2)cn1. The quantitative estimate of drug-likeness (QED) is 0.378. The zero-order valence-corrected chi connectivity index (χ0v) is 21.3. The Kier molecular flexibility index (Phi) is 5.15. The lowest BCUT2D eigenvalue weighted by atomic mass is 10.0. The smallest absolute Gasteiger partial charge is 0.329 e. The maximum Gasteiger partial charge on any atom is 0.329 e. The average Bonchev–Trinajstić information content (AvgIpc) is 3.77. The molecule has 7 rings (SSSR count). The molecule has 1 fully saturated rings. The Hall–Kier alpha value is -5.13. The average molecular weight is 521 g/mol. The minimum Gasteiger partial charge on any atom is -0.334 e. The van der Waals surface area contributed by atoms with Crippen LogP contribution in [0.25, 0.3) is 44.3 Å². The van der Waals surface area contributed by atoms with Gasteiger partial charge in [0, 0.05) is 56.1 Å². The van der Waals surface area contributed by atoms with Gasteiger partial charge in [0.15, 0.2) is 0 Å². The number of carbonyl (C=O) groups excluding carboxylic acids is 1. The van der Waals surface area contributed by atoms with Crippen molar-refractivity contribution in [1.29, 1.82) is 0 Å². The molecule has 1 N–H and O–H groups in total. The summed E-state index contributed by atoms with van der Waals surface area (Å²) in [5, 5.41) is 11.6. The first-order valence-electron chi connectivity index (χ1n) is 12.6. The first-order chi connectivity index (χ1) is 19.0. The number of rotatable bonds is 4. The second-order valence-electron chi connectivity index (χ2n) is 9.79. The van der Waals surface area contributed by atoms with Crippen LogP contribution in [-0.4, -0.2) is 68.0 Å². The number of nitrogens with zero attached hydrogens (tertiary/aromatic N) is 9. The van der Waals surface area contributed by atoms with Crippen LogP contribution in [-0.2, 0) is 14.1 Å². The molecular weight excluding hydrogens is 496 g/mol. The van der Waals surface area contributed by atoms with Crippen LogP contribution in [0, 0.1) is 0 Å². The van der Waals surface area contributed by atoms with Gasteiger partial charge in [0.25, 0.3) is 5.91 Å². The molecule has 0 bridgehead atoms. The molecule has 0 spiro atoms. The van der Waals surface area contributed by atoms with Gasteiger partial charge in [-0.3, -0.25) is 33.7 Å². The van der Waals surface area contributed by atoms with E-state index in [-0.39, 0.29) is 23.5 Å². The van der Waals surface area contributed by atoms with Crippen LogP contribution in [0.5, 0.6) is 0 Å². The minimum absolute atomic E-state index is 0.128. The summed E-state index contributed by atoms with van der Waals surface area (Å²) in [6.45, 7) is 0.916. The normalized spacial score (nSPS) is 15.5. The first kappa shape index (κ1) is 23.0. The number of carbonyl (C=O) groups is 1. The molecule has 1 aliphatic heterocycles. The summed E-state index contributed by atoms with van der Waals surface area (Å²) in [6, 6.07) is 9.87. The Bertz CT molecular complexity index is 1910. The summed E-state index contributed by atoms with van der Waals surface area (Å²) in [5.41, 5.74) is 5.93. The highest BCUT2D eigenvalue weighted by molar-refractivity contribution is 6.04. The highest BCUT2D eigenvalue weighted by atomic mass is 16.2. The third-order valence-corrected chi connectivity index (χ3v) is 7.43. The van der Waals surface area contributed by atoms with Crippen LogP contribution in [0.15, 0.2) is 66.2 Å². The molecule has 1 amide bonds. The van der Waals surface area contributed by atoms with Crippen molar-refractivity contribution in [3.8, 4) is 22.4 Å². The molecule has 0 saturated carbocycles. The van der Waals surface area contributed by atoms with Crippen molar-refractivity contribution >= 4 is 27.8 Å².